The molecule has 0 spiro atoms. The maximum absolute atomic E-state index is 13.0. The molecule has 0 aliphatic heterocycles. The van der Waals surface area contributed by atoms with Crippen LogP contribution in [0.15, 0.2) is 46.7 Å². The lowest BCUT2D eigenvalue weighted by atomic mass is 10.3. The molecule has 2 aromatic rings. The molecule has 0 radical (unpaired) electrons. The average molecular weight is 398 g/mol. The van der Waals surface area contributed by atoms with Gasteiger partial charge in [-0.05, 0) is 24.4 Å². The van der Waals surface area contributed by atoms with Crippen molar-refractivity contribution in [2.45, 2.75) is 24.8 Å². The summed E-state index contributed by atoms with van der Waals surface area (Å²) in [6.07, 6.45) is -0.104. The number of sulfonamides is 1. The highest BCUT2D eigenvalue weighted by molar-refractivity contribution is 7.89. The van der Waals surface area contributed by atoms with Crippen molar-refractivity contribution < 1.29 is 22.9 Å². The molecule has 0 aliphatic carbocycles. The van der Waals surface area contributed by atoms with Crippen LogP contribution in [0.5, 0.6) is 0 Å². The molecular weight excluding hydrogens is 380 g/mol. The van der Waals surface area contributed by atoms with Gasteiger partial charge in [-0.2, -0.15) is 4.31 Å². The number of non-ortho nitro benzene ring substituents is 1. The van der Waals surface area contributed by atoms with Crippen LogP contribution in [0.2, 0.25) is 0 Å². The van der Waals surface area contributed by atoms with Crippen LogP contribution in [0.25, 0.3) is 0 Å². The highest BCUT2D eigenvalue weighted by atomic mass is 32.2. The predicted molar refractivity (Wildman–Crippen MR) is 96.3 cm³/mol. The highest BCUT2D eigenvalue weighted by Crippen LogP contribution is 2.24. The fraction of sp³-hybridized carbons (Fsp3) is 0.312. The number of carbonyl (C=O) groups is 1. The quantitative estimate of drug-likeness (QED) is 0.365. The molecular formula is C16H18N2O6S2. The summed E-state index contributed by atoms with van der Waals surface area (Å²) in [5.41, 5.74) is -0.312. The normalized spacial score (nSPS) is 11.5. The Hall–Kier alpha value is -2.30. The molecule has 0 atom stereocenters. The Morgan fingerprint density at radius 1 is 1.31 bits per heavy atom. The van der Waals surface area contributed by atoms with E-state index in [2.05, 4.69) is 0 Å². The first-order valence-corrected chi connectivity index (χ1v) is 10.1. The minimum atomic E-state index is -4.02. The van der Waals surface area contributed by atoms with Crippen LogP contribution in [-0.2, 0) is 26.1 Å². The second-order valence-corrected chi connectivity index (χ2v) is 8.20. The van der Waals surface area contributed by atoms with Crippen molar-refractivity contribution in [2.24, 2.45) is 0 Å². The largest absolute Gasteiger partial charge is 0.466 e. The fourth-order valence-electron chi connectivity index (χ4n) is 2.22. The fourth-order valence-corrected chi connectivity index (χ4v) is 4.48. The smallest absolute Gasteiger partial charge is 0.307 e. The molecule has 140 valence electrons. The van der Waals surface area contributed by atoms with Gasteiger partial charge < -0.3 is 4.74 Å². The molecule has 0 aliphatic rings. The summed E-state index contributed by atoms with van der Waals surface area (Å²) in [4.78, 5) is 22.5. The summed E-state index contributed by atoms with van der Waals surface area (Å²) in [7, 11) is -4.02. The number of benzene rings is 1. The Kier molecular flexibility index (Phi) is 6.83. The Bertz CT molecular complexity index is 865. The molecule has 26 heavy (non-hydrogen) atoms. The number of nitro benzene ring substituents is 1. The third kappa shape index (κ3) is 5.10. The van der Waals surface area contributed by atoms with Crippen molar-refractivity contribution in [1.82, 2.24) is 4.31 Å². The van der Waals surface area contributed by atoms with E-state index < -0.39 is 20.9 Å². The second-order valence-electron chi connectivity index (χ2n) is 5.23. The van der Waals surface area contributed by atoms with E-state index in [9.17, 15) is 23.3 Å². The van der Waals surface area contributed by atoms with Crippen LogP contribution < -0.4 is 0 Å². The third-order valence-corrected chi connectivity index (χ3v) is 6.15. The Morgan fingerprint density at radius 3 is 2.69 bits per heavy atom. The van der Waals surface area contributed by atoms with Gasteiger partial charge in [-0.25, -0.2) is 8.42 Å². The molecule has 2 rings (SSSR count). The summed E-state index contributed by atoms with van der Waals surface area (Å²) in [6, 6.07) is 8.44. The highest BCUT2D eigenvalue weighted by Gasteiger charge is 2.27. The summed E-state index contributed by atoms with van der Waals surface area (Å²) in [6.45, 7) is 1.87. The van der Waals surface area contributed by atoms with Crippen LogP contribution >= 0.6 is 11.3 Å². The topological polar surface area (TPSA) is 107 Å². The van der Waals surface area contributed by atoms with E-state index in [0.29, 0.717) is 0 Å². The average Bonchev–Trinajstić information content (AvgIpc) is 3.12. The molecule has 0 fully saturated rings. The monoisotopic (exact) mass is 398 g/mol. The number of nitrogens with zero attached hydrogens (tertiary/aromatic N) is 2. The van der Waals surface area contributed by atoms with Crippen LogP contribution in [-0.4, -0.2) is 36.8 Å². The second kappa shape index (κ2) is 8.88. The van der Waals surface area contributed by atoms with Crippen molar-refractivity contribution in [2.75, 3.05) is 13.2 Å². The van der Waals surface area contributed by atoms with Crippen LogP contribution in [0.3, 0.4) is 0 Å². The van der Waals surface area contributed by atoms with Crippen LogP contribution in [0.4, 0.5) is 5.69 Å². The Morgan fingerprint density at radius 2 is 2.08 bits per heavy atom. The first-order valence-electron chi connectivity index (χ1n) is 7.77. The van der Waals surface area contributed by atoms with Crippen molar-refractivity contribution >= 4 is 33.0 Å². The molecule has 0 unspecified atom stereocenters. The minimum absolute atomic E-state index is 0.0715. The molecule has 8 nitrogen and oxygen atoms in total. The Balaban J connectivity index is 2.30. The van der Waals surface area contributed by atoms with Crippen LogP contribution in [0.1, 0.15) is 18.2 Å². The van der Waals surface area contributed by atoms with Gasteiger partial charge in [0.1, 0.15) is 0 Å². The maximum atomic E-state index is 13.0. The van der Waals surface area contributed by atoms with Gasteiger partial charge in [0.2, 0.25) is 10.0 Å². The summed E-state index contributed by atoms with van der Waals surface area (Å²) in [5, 5.41) is 12.7. The van der Waals surface area contributed by atoms with E-state index in [1.165, 1.54) is 29.5 Å². The number of rotatable bonds is 9. The SMILES string of the molecule is CCOC(=O)CCN(Cc1cccs1)S(=O)(=O)c1cccc([N+](=O)[O-])c1. The van der Waals surface area contributed by atoms with E-state index in [1.54, 1.807) is 19.1 Å². The molecule has 10 heteroatoms. The molecule has 1 aromatic carbocycles. The minimum Gasteiger partial charge on any atom is -0.466 e. The number of hydrogen-bond acceptors (Lipinski definition) is 7. The summed E-state index contributed by atoms with van der Waals surface area (Å²) >= 11 is 1.38. The van der Waals surface area contributed by atoms with Crippen molar-refractivity contribution in [3.63, 3.8) is 0 Å². The number of hydrogen-bond donors (Lipinski definition) is 0. The first-order chi connectivity index (χ1) is 12.3. The van der Waals surface area contributed by atoms with Crippen LogP contribution in [0, 0.1) is 10.1 Å². The molecule has 0 bridgehead atoms. The van der Waals surface area contributed by atoms with Gasteiger partial charge in [0, 0.05) is 30.1 Å². The van der Waals surface area contributed by atoms with Crippen molar-refractivity contribution in [1.29, 1.82) is 0 Å². The van der Waals surface area contributed by atoms with Gasteiger partial charge in [-0.15, -0.1) is 11.3 Å². The first kappa shape index (κ1) is 20.0. The van der Waals surface area contributed by atoms with Gasteiger partial charge in [0.15, 0.2) is 0 Å². The zero-order chi connectivity index (χ0) is 19.2. The number of thiophene rings is 1. The van der Waals surface area contributed by atoms with E-state index in [4.69, 9.17) is 4.74 Å². The van der Waals surface area contributed by atoms with Crippen molar-refractivity contribution in [3.8, 4) is 0 Å². The number of nitro groups is 1. The van der Waals surface area contributed by atoms with Gasteiger partial charge >= 0.3 is 5.97 Å². The predicted octanol–water partition coefficient (Wildman–Crippen LogP) is 2.80. The van der Waals surface area contributed by atoms with Gasteiger partial charge in [-0.1, -0.05) is 12.1 Å². The Labute approximate surface area is 155 Å². The third-order valence-electron chi connectivity index (χ3n) is 3.45. The molecule has 0 saturated heterocycles. The standard InChI is InChI=1S/C16H18N2O6S2/c1-2-24-16(19)8-9-17(12-14-6-4-10-25-14)26(22,23)15-7-3-5-13(11-15)18(20)21/h3-7,10-11H,2,8-9,12H2,1H3. The zero-order valence-corrected chi connectivity index (χ0v) is 15.7. The van der Waals surface area contributed by atoms with Gasteiger partial charge in [0.25, 0.3) is 5.69 Å². The van der Waals surface area contributed by atoms with E-state index >= 15 is 0 Å². The van der Waals surface area contributed by atoms with E-state index in [0.717, 1.165) is 15.2 Å². The molecule has 1 aromatic heterocycles. The van der Waals surface area contributed by atoms with Gasteiger partial charge in [-0.3, -0.25) is 14.9 Å². The molecule has 0 N–H and O–H groups in total. The zero-order valence-electron chi connectivity index (χ0n) is 14.0. The van der Waals surface area contributed by atoms with E-state index in [1.807, 2.05) is 5.38 Å². The lowest BCUT2D eigenvalue weighted by molar-refractivity contribution is -0.385. The van der Waals surface area contributed by atoms with Crippen molar-refractivity contribution in [3.05, 3.63) is 56.8 Å². The summed E-state index contributed by atoms with van der Waals surface area (Å²) in [5.74, 6) is -0.502. The maximum Gasteiger partial charge on any atom is 0.307 e. The molecule has 0 saturated carbocycles. The molecule has 1 heterocycles. The molecule has 0 amide bonds. The van der Waals surface area contributed by atoms with Gasteiger partial charge in [0.05, 0.1) is 22.8 Å². The lowest BCUT2D eigenvalue weighted by Gasteiger charge is -2.21. The number of esters is 1. The lowest BCUT2D eigenvalue weighted by Crippen LogP contribution is -2.32. The number of ether oxygens (including phenoxy) is 1. The summed E-state index contributed by atoms with van der Waals surface area (Å²) < 4.78 is 31.9. The number of carbonyl (C=O) groups excluding carboxylic acids is 1. The van der Waals surface area contributed by atoms with E-state index in [-0.39, 0.29) is 36.7 Å².